The minimum absolute atomic E-state index is 0.148. The number of hydrogen-bond donors (Lipinski definition) is 2. The molecule has 0 aliphatic carbocycles. The molecule has 17 heavy (non-hydrogen) atoms. The predicted octanol–water partition coefficient (Wildman–Crippen LogP) is 2.00. The predicted molar refractivity (Wildman–Crippen MR) is 77.3 cm³/mol. The minimum Gasteiger partial charge on any atom is -0.354 e. The molecular weight excluding hydrogens is 351 g/mol. The summed E-state index contributed by atoms with van der Waals surface area (Å²) in [6, 6.07) is 1.30. The standard InChI is InChI=1S/C11H15IN2O2S/c1-3-4-13-10(15)7(2)14-11(16)8-5-9(12)17-6-8/h5-7H,3-4H2,1-2H3,(H,13,15)(H,14,16). The van der Waals surface area contributed by atoms with Crippen LogP contribution in [0.3, 0.4) is 0 Å². The Bertz CT molecular complexity index is 406. The highest BCUT2D eigenvalue weighted by atomic mass is 127. The highest BCUT2D eigenvalue weighted by molar-refractivity contribution is 14.1. The summed E-state index contributed by atoms with van der Waals surface area (Å²) in [7, 11) is 0. The Balaban J connectivity index is 2.48. The van der Waals surface area contributed by atoms with Gasteiger partial charge in [-0.05, 0) is 42.0 Å². The quantitative estimate of drug-likeness (QED) is 0.784. The van der Waals surface area contributed by atoms with Crippen LogP contribution in [0.25, 0.3) is 0 Å². The third-order valence-corrected chi connectivity index (χ3v) is 3.91. The second-order valence-electron chi connectivity index (χ2n) is 3.63. The van der Waals surface area contributed by atoms with Crippen LogP contribution in [-0.2, 0) is 4.79 Å². The molecule has 1 atom stereocenters. The second kappa shape index (κ2) is 6.95. The molecule has 0 saturated heterocycles. The van der Waals surface area contributed by atoms with Gasteiger partial charge in [0.1, 0.15) is 6.04 Å². The first-order chi connectivity index (χ1) is 8.04. The van der Waals surface area contributed by atoms with Crippen molar-refractivity contribution in [3.8, 4) is 0 Å². The van der Waals surface area contributed by atoms with Crippen molar-refractivity contribution in [3.63, 3.8) is 0 Å². The van der Waals surface area contributed by atoms with E-state index in [0.717, 1.165) is 9.30 Å². The molecule has 0 saturated carbocycles. The number of hydrogen-bond acceptors (Lipinski definition) is 3. The topological polar surface area (TPSA) is 58.2 Å². The van der Waals surface area contributed by atoms with Crippen LogP contribution in [-0.4, -0.2) is 24.4 Å². The Labute approximate surface area is 118 Å². The van der Waals surface area contributed by atoms with E-state index in [4.69, 9.17) is 0 Å². The Morgan fingerprint density at radius 2 is 2.24 bits per heavy atom. The maximum atomic E-state index is 11.8. The van der Waals surface area contributed by atoms with Crippen LogP contribution in [0.1, 0.15) is 30.6 Å². The Kier molecular flexibility index (Phi) is 5.90. The van der Waals surface area contributed by atoms with E-state index in [1.165, 1.54) is 11.3 Å². The average molecular weight is 366 g/mol. The van der Waals surface area contributed by atoms with Gasteiger partial charge < -0.3 is 10.6 Å². The van der Waals surface area contributed by atoms with Gasteiger partial charge in [-0.25, -0.2) is 0 Å². The summed E-state index contributed by atoms with van der Waals surface area (Å²) in [5, 5.41) is 7.20. The van der Waals surface area contributed by atoms with Gasteiger partial charge in [0.2, 0.25) is 5.91 Å². The molecule has 94 valence electrons. The summed E-state index contributed by atoms with van der Waals surface area (Å²) >= 11 is 3.67. The molecule has 1 aromatic rings. The zero-order chi connectivity index (χ0) is 12.8. The fraction of sp³-hybridized carbons (Fsp3) is 0.455. The highest BCUT2D eigenvalue weighted by Gasteiger charge is 2.16. The average Bonchev–Trinajstić information content (AvgIpc) is 2.72. The van der Waals surface area contributed by atoms with Crippen molar-refractivity contribution in [1.82, 2.24) is 10.6 Å². The molecule has 6 heteroatoms. The molecule has 0 aliphatic rings. The van der Waals surface area contributed by atoms with E-state index in [1.54, 1.807) is 18.4 Å². The third kappa shape index (κ3) is 4.63. The van der Waals surface area contributed by atoms with Crippen molar-refractivity contribution in [1.29, 1.82) is 0 Å². The first-order valence-corrected chi connectivity index (χ1v) is 7.33. The Morgan fingerprint density at radius 3 is 2.76 bits per heavy atom. The van der Waals surface area contributed by atoms with Gasteiger partial charge in [0.05, 0.1) is 8.45 Å². The van der Waals surface area contributed by atoms with Gasteiger partial charge in [0.15, 0.2) is 0 Å². The van der Waals surface area contributed by atoms with Crippen molar-refractivity contribution >= 4 is 45.7 Å². The summed E-state index contributed by atoms with van der Waals surface area (Å²) in [4.78, 5) is 23.3. The fourth-order valence-corrected chi connectivity index (χ4v) is 2.50. The molecule has 0 spiro atoms. The molecule has 0 aromatic carbocycles. The molecule has 1 rings (SSSR count). The Morgan fingerprint density at radius 1 is 1.53 bits per heavy atom. The van der Waals surface area contributed by atoms with Crippen molar-refractivity contribution in [2.75, 3.05) is 6.54 Å². The van der Waals surface area contributed by atoms with Crippen LogP contribution in [0, 0.1) is 2.88 Å². The molecule has 1 heterocycles. The first kappa shape index (κ1) is 14.4. The summed E-state index contributed by atoms with van der Waals surface area (Å²) in [6.07, 6.45) is 0.884. The van der Waals surface area contributed by atoms with Crippen molar-refractivity contribution in [2.24, 2.45) is 0 Å². The summed E-state index contributed by atoms with van der Waals surface area (Å²) in [5.74, 6) is -0.353. The molecule has 0 bridgehead atoms. The summed E-state index contributed by atoms with van der Waals surface area (Å²) in [6.45, 7) is 4.30. The van der Waals surface area contributed by atoms with E-state index in [-0.39, 0.29) is 11.8 Å². The van der Waals surface area contributed by atoms with Crippen molar-refractivity contribution in [2.45, 2.75) is 26.3 Å². The van der Waals surface area contributed by atoms with Gasteiger partial charge in [-0.3, -0.25) is 9.59 Å². The van der Waals surface area contributed by atoms with Crippen molar-refractivity contribution < 1.29 is 9.59 Å². The zero-order valence-corrected chi connectivity index (χ0v) is 12.7. The van der Waals surface area contributed by atoms with Gasteiger partial charge in [-0.2, -0.15) is 0 Å². The number of thiophene rings is 1. The van der Waals surface area contributed by atoms with Crippen LogP contribution in [0.5, 0.6) is 0 Å². The van der Waals surface area contributed by atoms with Crippen LogP contribution in [0.4, 0.5) is 0 Å². The van der Waals surface area contributed by atoms with E-state index >= 15 is 0 Å². The van der Waals surface area contributed by atoms with Gasteiger partial charge in [-0.1, -0.05) is 6.92 Å². The fourth-order valence-electron chi connectivity index (χ4n) is 1.18. The summed E-state index contributed by atoms with van der Waals surface area (Å²) in [5.41, 5.74) is 0.606. The van der Waals surface area contributed by atoms with E-state index in [2.05, 4.69) is 33.2 Å². The number of amides is 2. The monoisotopic (exact) mass is 366 g/mol. The van der Waals surface area contributed by atoms with Crippen LogP contribution in [0.15, 0.2) is 11.4 Å². The summed E-state index contributed by atoms with van der Waals surface area (Å²) < 4.78 is 1.05. The van der Waals surface area contributed by atoms with Gasteiger partial charge in [-0.15, -0.1) is 11.3 Å². The van der Waals surface area contributed by atoms with E-state index < -0.39 is 6.04 Å². The number of carbonyl (C=O) groups is 2. The van der Waals surface area contributed by atoms with Crippen molar-refractivity contribution in [3.05, 3.63) is 19.9 Å². The number of rotatable bonds is 5. The lowest BCUT2D eigenvalue weighted by Gasteiger charge is -2.13. The third-order valence-electron chi connectivity index (χ3n) is 2.12. The zero-order valence-electron chi connectivity index (χ0n) is 9.75. The molecule has 2 amide bonds. The molecule has 1 aromatic heterocycles. The molecule has 1 unspecified atom stereocenters. The maximum absolute atomic E-state index is 11.8. The Hall–Kier alpha value is -0.630. The van der Waals surface area contributed by atoms with Gasteiger partial charge in [0, 0.05) is 11.9 Å². The molecule has 0 aliphatic heterocycles. The molecule has 2 N–H and O–H groups in total. The van der Waals surface area contributed by atoms with Crippen LogP contribution >= 0.6 is 33.9 Å². The highest BCUT2D eigenvalue weighted by Crippen LogP contribution is 2.16. The van der Waals surface area contributed by atoms with Crippen LogP contribution in [0.2, 0.25) is 0 Å². The normalized spacial score (nSPS) is 11.9. The smallest absolute Gasteiger partial charge is 0.252 e. The maximum Gasteiger partial charge on any atom is 0.252 e. The number of nitrogens with one attached hydrogen (secondary N) is 2. The van der Waals surface area contributed by atoms with Gasteiger partial charge >= 0.3 is 0 Å². The van der Waals surface area contributed by atoms with E-state index in [1.807, 2.05) is 6.92 Å². The molecule has 0 radical (unpaired) electrons. The minimum atomic E-state index is -0.508. The lowest BCUT2D eigenvalue weighted by molar-refractivity contribution is -0.122. The largest absolute Gasteiger partial charge is 0.354 e. The van der Waals surface area contributed by atoms with Crippen LogP contribution < -0.4 is 10.6 Å². The second-order valence-corrected chi connectivity index (χ2v) is 6.43. The SMILES string of the molecule is CCCNC(=O)C(C)NC(=O)c1csc(I)c1. The number of carbonyl (C=O) groups excluding carboxylic acids is 2. The molecule has 0 fully saturated rings. The molecular formula is C11H15IN2O2S. The van der Waals surface area contributed by atoms with Gasteiger partial charge in [0.25, 0.3) is 5.91 Å². The lowest BCUT2D eigenvalue weighted by Crippen LogP contribution is -2.44. The number of halogens is 1. The first-order valence-electron chi connectivity index (χ1n) is 5.37. The molecule has 4 nitrogen and oxygen atoms in total. The van der Waals surface area contributed by atoms with E-state index in [0.29, 0.717) is 12.1 Å². The lowest BCUT2D eigenvalue weighted by atomic mass is 10.2. The van der Waals surface area contributed by atoms with E-state index in [9.17, 15) is 9.59 Å².